The Morgan fingerprint density at radius 3 is 1.14 bits per heavy atom. The summed E-state index contributed by atoms with van der Waals surface area (Å²) in [5, 5.41) is 56.9. The van der Waals surface area contributed by atoms with Gasteiger partial charge in [-0.05, 0) is 135 Å². The first kappa shape index (κ1) is 49.9. The van der Waals surface area contributed by atoms with Crippen molar-refractivity contribution in [1.82, 2.24) is 0 Å². The number of aromatic hydroxyl groups is 2. The van der Waals surface area contributed by atoms with E-state index in [0.29, 0.717) is 11.1 Å². The number of unbranched alkanes of at least 4 members (excludes halogenated alkanes) is 2. The molecule has 57 heavy (non-hydrogen) atoms. The van der Waals surface area contributed by atoms with E-state index < -0.39 is 34.9 Å². The van der Waals surface area contributed by atoms with Crippen LogP contribution < -0.4 is 10.2 Å². The van der Waals surface area contributed by atoms with E-state index in [1.165, 1.54) is 84.6 Å². The van der Waals surface area contributed by atoms with E-state index in [0.717, 1.165) is 62.7 Å². The number of carboxylic acid groups (broad SMARTS) is 2. The minimum atomic E-state index is -1.31. The third-order valence-electron chi connectivity index (χ3n) is 9.42. The summed E-state index contributed by atoms with van der Waals surface area (Å²) in [7, 11) is 0. The number of rotatable bonds is 15. The van der Waals surface area contributed by atoms with Gasteiger partial charge in [-0.3, -0.25) is 9.98 Å². The maximum atomic E-state index is 11.0. The summed E-state index contributed by atoms with van der Waals surface area (Å²) >= 11 is 0. The zero-order valence-corrected chi connectivity index (χ0v) is 35.5. The van der Waals surface area contributed by atoms with Gasteiger partial charge in [0.2, 0.25) is 0 Å². The average molecular weight is 826 g/mol. The second-order valence-corrected chi connectivity index (χ2v) is 13.5. The van der Waals surface area contributed by atoms with E-state index in [2.05, 4.69) is 77.9 Å². The minimum Gasteiger partial charge on any atom is -0.869 e. The molecule has 11 heteroatoms. The van der Waals surface area contributed by atoms with Gasteiger partial charge in [0.15, 0.2) is 0 Å². The summed E-state index contributed by atoms with van der Waals surface area (Å²) in [6, 6.07) is 18.6. The molecule has 0 atom stereocenters. The molecule has 0 unspecified atom stereocenters. The predicted molar refractivity (Wildman–Crippen MR) is 222 cm³/mol. The molecule has 0 aliphatic heterocycles. The molecule has 0 radical (unpaired) electrons. The Morgan fingerprint density at radius 1 is 0.544 bits per heavy atom. The Bertz CT molecular complexity index is 1860. The van der Waals surface area contributed by atoms with Gasteiger partial charge < -0.3 is 30.6 Å². The molecular weight excluding hydrogens is 767 g/mol. The van der Waals surface area contributed by atoms with Crippen molar-refractivity contribution in [3.8, 4) is 23.0 Å². The quantitative estimate of drug-likeness (QED) is 0.0674. The second kappa shape index (κ2) is 25.2. The van der Waals surface area contributed by atoms with Crippen molar-refractivity contribution in [2.24, 2.45) is 9.98 Å². The van der Waals surface area contributed by atoms with Crippen molar-refractivity contribution in [2.45, 2.75) is 120 Å². The molecule has 0 amide bonds. The van der Waals surface area contributed by atoms with Gasteiger partial charge in [-0.25, -0.2) is 9.59 Å². The van der Waals surface area contributed by atoms with E-state index in [9.17, 15) is 19.8 Å². The molecule has 4 aromatic carbocycles. The summed E-state index contributed by atoms with van der Waals surface area (Å²) in [4.78, 5) is 31.4. The van der Waals surface area contributed by atoms with Crippen molar-refractivity contribution in [3.63, 3.8) is 0 Å². The largest absolute Gasteiger partial charge is 2.00 e. The van der Waals surface area contributed by atoms with Gasteiger partial charge in [-0.15, -0.1) is 0 Å². The van der Waals surface area contributed by atoms with Crippen molar-refractivity contribution in [2.75, 3.05) is 0 Å². The van der Waals surface area contributed by atoms with Crippen LogP contribution in [0.1, 0.15) is 134 Å². The maximum Gasteiger partial charge on any atom is 2.00 e. The fourth-order valence-corrected chi connectivity index (χ4v) is 6.11. The molecule has 4 N–H and O–H groups in total. The van der Waals surface area contributed by atoms with Gasteiger partial charge in [0.25, 0.3) is 0 Å². The number of benzene rings is 4. The minimum absolute atomic E-state index is 0. The monoisotopic (exact) mass is 824 g/mol. The number of aliphatic imine (C=N–C) groups is 2. The Kier molecular flexibility index (Phi) is 22.0. The Hall–Kier alpha value is -5.15. The summed E-state index contributed by atoms with van der Waals surface area (Å²) in [5.74, 6) is -5.34. The number of phenolic OH excluding ortho intramolecular Hbond substituents is 2. The van der Waals surface area contributed by atoms with Gasteiger partial charge >= 0.3 is 28.4 Å². The molecule has 0 saturated heterocycles. The number of hydrogen-bond acceptors (Lipinski definition) is 8. The third kappa shape index (κ3) is 14.7. The first-order valence-electron chi connectivity index (χ1n) is 19.5. The molecule has 0 aliphatic carbocycles. The molecule has 0 fully saturated rings. The van der Waals surface area contributed by atoms with Crippen molar-refractivity contribution < 1.29 is 56.7 Å². The van der Waals surface area contributed by atoms with Crippen LogP contribution in [-0.4, -0.2) is 43.8 Å². The average Bonchev–Trinajstić information content (AvgIpc) is 3.18. The fourth-order valence-electron chi connectivity index (χ4n) is 6.11. The van der Waals surface area contributed by atoms with Gasteiger partial charge in [0.05, 0.1) is 33.9 Å². The summed E-state index contributed by atoms with van der Waals surface area (Å²) in [6.07, 6.45) is 10.9. The molecule has 0 bridgehead atoms. The molecule has 310 valence electrons. The number of carbonyl (C=O) groups is 2. The molecule has 0 heterocycles. The van der Waals surface area contributed by atoms with Crippen molar-refractivity contribution >= 4 is 34.7 Å². The summed E-state index contributed by atoms with van der Waals surface area (Å²) < 4.78 is 0. The van der Waals surface area contributed by atoms with E-state index in [1.54, 1.807) is 0 Å². The van der Waals surface area contributed by atoms with E-state index in [4.69, 9.17) is 30.4 Å². The third-order valence-corrected chi connectivity index (χ3v) is 9.42. The summed E-state index contributed by atoms with van der Waals surface area (Å²) in [5.41, 5.74) is 10.2. The zero-order valence-electron chi connectivity index (χ0n) is 34.5. The Morgan fingerprint density at radius 2 is 0.877 bits per heavy atom. The molecular formula is C46H58N2NiO8. The zero-order chi connectivity index (χ0) is 41.9. The standard InChI is InChI=1S/C30H44N2.2C8H8O4.Ni/c1-7-13-15-29(31-27-19-17-23(9-3)25(11-5)21-27)30(16-14-8-2)32-28-20-18-24(10-4)26(12-6)22-28;2*1-4-2-3-5(9)7(10)6(4)8(11)12;/h17-22H,7-16H2,1-6H3;2*2-3,9-10H,1H3,(H,11,12);/q;;;+2/p-2. The van der Waals surface area contributed by atoms with Crippen molar-refractivity contribution in [1.29, 1.82) is 0 Å². The van der Waals surface area contributed by atoms with Crippen LogP contribution in [0.4, 0.5) is 11.4 Å². The first-order valence-corrected chi connectivity index (χ1v) is 19.5. The number of aryl methyl sites for hydroxylation is 6. The van der Waals surface area contributed by atoms with Crippen LogP contribution in [0.5, 0.6) is 23.0 Å². The van der Waals surface area contributed by atoms with Crippen LogP contribution >= 0.6 is 0 Å². The van der Waals surface area contributed by atoms with Crippen LogP contribution in [0.3, 0.4) is 0 Å². The number of hydrogen-bond donors (Lipinski definition) is 4. The van der Waals surface area contributed by atoms with Crippen molar-refractivity contribution in [3.05, 3.63) is 105 Å². The number of nitrogens with zero attached hydrogens (tertiary/aromatic N) is 2. The van der Waals surface area contributed by atoms with E-state index in [1.807, 2.05) is 0 Å². The molecule has 10 nitrogen and oxygen atoms in total. The van der Waals surface area contributed by atoms with Gasteiger partial charge in [0.1, 0.15) is 11.5 Å². The van der Waals surface area contributed by atoms with Gasteiger partial charge in [0, 0.05) is 0 Å². The van der Waals surface area contributed by atoms with Gasteiger partial charge in [-0.2, -0.15) is 0 Å². The Labute approximate surface area is 348 Å². The van der Waals surface area contributed by atoms with Crippen LogP contribution in [0, 0.1) is 13.8 Å². The second-order valence-electron chi connectivity index (χ2n) is 13.5. The molecule has 0 spiro atoms. The maximum absolute atomic E-state index is 11.0. The summed E-state index contributed by atoms with van der Waals surface area (Å²) in [6.45, 7) is 16.4. The SMILES string of the molecule is CCCCC(=Nc1ccc(CC)c(CC)c1)C(CCCC)=Nc1ccc(CC)c(CC)c1.Cc1ccc(O)c([O-])c1C(=O)O.Cc1ccc(O)c([O-])c1C(=O)O.[Ni+2]. The molecule has 4 aromatic rings. The fraction of sp³-hybridized carbons (Fsp3) is 0.391. The number of phenols is 2. The van der Waals surface area contributed by atoms with E-state index >= 15 is 0 Å². The smallest absolute Gasteiger partial charge is 0.869 e. The predicted octanol–water partition coefficient (Wildman–Crippen LogP) is 10.1. The van der Waals surface area contributed by atoms with Gasteiger partial charge in [-0.1, -0.05) is 90.1 Å². The molecule has 0 saturated carbocycles. The Balaban J connectivity index is 0.000000528. The molecule has 0 aromatic heterocycles. The number of aromatic carboxylic acids is 2. The van der Waals surface area contributed by atoms with Crippen LogP contribution in [-0.2, 0) is 42.2 Å². The molecule has 0 aliphatic rings. The van der Waals surface area contributed by atoms with Crippen LogP contribution in [0.15, 0.2) is 70.6 Å². The molecule has 4 rings (SSSR count). The topological polar surface area (TPSA) is 186 Å². The number of carboxylic acids is 2. The first-order chi connectivity index (χ1) is 26.7. The van der Waals surface area contributed by atoms with E-state index in [-0.39, 0.29) is 27.6 Å². The van der Waals surface area contributed by atoms with Crippen LogP contribution in [0.2, 0.25) is 0 Å². The van der Waals surface area contributed by atoms with Crippen LogP contribution in [0.25, 0.3) is 0 Å². The normalized spacial score (nSPS) is 11.1.